The van der Waals surface area contributed by atoms with E-state index in [4.69, 9.17) is 4.98 Å². The maximum Gasteiger partial charge on any atom is 0.145 e. The lowest BCUT2D eigenvalue weighted by Gasteiger charge is -2.12. The summed E-state index contributed by atoms with van der Waals surface area (Å²) in [7, 11) is 0. The van der Waals surface area contributed by atoms with Gasteiger partial charge in [-0.1, -0.05) is 103 Å². The van der Waals surface area contributed by atoms with Crippen molar-refractivity contribution in [1.29, 1.82) is 0 Å². The second kappa shape index (κ2) is 8.41. The van der Waals surface area contributed by atoms with Gasteiger partial charge >= 0.3 is 0 Å². The van der Waals surface area contributed by atoms with Gasteiger partial charge in [-0.25, -0.2) is 4.98 Å². The van der Waals surface area contributed by atoms with Crippen molar-refractivity contribution in [3.63, 3.8) is 0 Å². The molecule has 0 atom stereocenters. The average Bonchev–Trinajstić information content (AvgIpc) is 3.56. The smallest absolute Gasteiger partial charge is 0.145 e. The highest BCUT2D eigenvalue weighted by atomic mass is 32.1. The number of nitrogens with zero attached hydrogens (tertiary/aromatic N) is 2. The molecule has 0 aliphatic heterocycles. The van der Waals surface area contributed by atoms with Crippen LogP contribution in [0.25, 0.3) is 70.2 Å². The van der Waals surface area contributed by atoms with E-state index in [1.54, 1.807) is 0 Å². The number of benzene rings is 6. The van der Waals surface area contributed by atoms with E-state index in [9.17, 15) is 0 Å². The first-order valence-corrected chi connectivity index (χ1v) is 13.6. The number of fused-ring (bicyclic) bond motifs is 5. The Balaban J connectivity index is 1.28. The first-order chi connectivity index (χ1) is 18.8. The summed E-state index contributed by atoms with van der Waals surface area (Å²) in [5, 5.41) is 5.11. The molecular weight excluding hydrogens is 480 g/mol. The summed E-state index contributed by atoms with van der Waals surface area (Å²) in [4.78, 5) is 5.09. The zero-order valence-electron chi connectivity index (χ0n) is 20.5. The van der Waals surface area contributed by atoms with E-state index in [0.717, 1.165) is 28.1 Å². The van der Waals surface area contributed by atoms with Crippen LogP contribution in [0.3, 0.4) is 0 Å². The van der Waals surface area contributed by atoms with Gasteiger partial charge in [-0.2, -0.15) is 0 Å². The van der Waals surface area contributed by atoms with E-state index in [2.05, 4.69) is 138 Å². The molecule has 6 aromatic carbocycles. The summed E-state index contributed by atoms with van der Waals surface area (Å²) >= 11 is 1.87. The van der Waals surface area contributed by atoms with Gasteiger partial charge in [-0.3, -0.25) is 4.57 Å². The van der Waals surface area contributed by atoms with Crippen molar-refractivity contribution >= 4 is 53.3 Å². The molecule has 8 aromatic rings. The fraction of sp³-hybridized carbons (Fsp3) is 0. The van der Waals surface area contributed by atoms with Crippen molar-refractivity contribution in [3.8, 4) is 28.2 Å². The number of hydrogen-bond acceptors (Lipinski definition) is 2. The average molecular weight is 503 g/mol. The van der Waals surface area contributed by atoms with E-state index < -0.39 is 0 Å². The van der Waals surface area contributed by atoms with Crippen LogP contribution in [0.4, 0.5) is 0 Å². The van der Waals surface area contributed by atoms with Crippen molar-refractivity contribution in [2.75, 3.05) is 0 Å². The van der Waals surface area contributed by atoms with Crippen molar-refractivity contribution in [2.24, 2.45) is 0 Å². The van der Waals surface area contributed by atoms with Crippen LogP contribution in [0.15, 0.2) is 133 Å². The number of thiophene rings is 1. The molecule has 3 heteroatoms. The number of aromatic nitrogens is 2. The summed E-state index contributed by atoms with van der Waals surface area (Å²) in [5.74, 6) is 0.952. The summed E-state index contributed by atoms with van der Waals surface area (Å²) < 4.78 is 4.95. The predicted molar refractivity (Wildman–Crippen MR) is 162 cm³/mol. The van der Waals surface area contributed by atoms with Crippen molar-refractivity contribution in [2.45, 2.75) is 0 Å². The van der Waals surface area contributed by atoms with Crippen LogP contribution < -0.4 is 0 Å². The van der Waals surface area contributed by atoms with Gasteiger partial charge in [-0.05, 0) is 52.2 Å². The molecule has 0 saturated heterocycles. The summed E-state index contributed by atoms with van der Waals surface area (Å²) in [5.41, 5.74) is 6.82. The van der Waals surface area contributed by atoms with Gasteiger partial charge in [0.25, 0.3) is 0 Å². The molecule has 0 spiro atoms. The zero-order valence-corrected chi connectivity index (χ0v) is 21.3. The Morgan fingerprint density at radius 1 is 0.553 bits per heavy atom. The Morgan fingerprint density at radius 2 is 1.29 bits per heavy atom. The maximum absolute atomic E-state index is 5.09. The molecule has 0 unspecified atom stereocenters. The fourth-order valence-electron chi connectivity index (χ4n) is 5.57. The minimum Gasteiger partial charge on any atom is -0.292 e. The predicted octanol–water partition coefficient (Wildman–Crippen LogP) is 9.88. The highest BCUT2D eigenvalue weighted by Crippen LogP contribution is 2.40. The number of para-hydroxylation sites is 2. The SMILES string of the molecule is c1ccc2cc(-n3c(-c4ccc(-c5cccc6c5sc5ccccc56)cc4)nc4ccccc43)ccc2c1. The van der Waals surface area contributed by atoms with Gasteiger partial charge in [-0.15, -0.1) is 11.3 Å². The molecule has 0 aliphatic carbocycles. The van der Waals surface area contributed by atoms with Crippen LogP contribution in [0.2, 0.25) is 0 Å². The highest BCUT2D eigenvalue weighted by molar-refractivity contribution is 7.26. The third-order valence-corrected chi connectivity index (χ3v) is 8.63. The van der Waals surface area contributed by atoms with E-state index in [0.29, 0.717) is 0 Å². The summed E-state index contributed by atoms with van der Waals surface area (Å²) in [6.45, 7) is 0. The zero-order chi connectivity index (χ0) is 25.1. The molecule has 0 bridgehead atoms. The minimum absolute atomic E-state index is 0.952. The third-order valence-electron chi connectivity index (χ3n) is 7.41. The van der Waals surface area contributed by atoms with Crippen LogP contribution in [-0.2, 0) is 0 Å². The van der Waals surface area contributed by atoms with Crippen molar-refractivity contribution < 1.29 is 0 Å². The van der Waals surface area contributed by atoms with Crippen LogP contribution >= 0.6 is 11.3 Å². The van der Waals surface area contributed by atoms with Crippen molar-refractivity contribution in [3.05, 3.63) is 133 Å². The van der Waals surface area contributed by atoms with Crippen LogP contribution in [-0.4, -0.2) is 9.55 Å². The lowest BCUT2D eigenvalue weighted by molar-refractivity contribution is 1.11. The molecule has 2 heterocycles. The van der Waals surface area contributed by atoms with Crippen molar-refractivity contribution in [1.82, 2.24) is 9.55 Å². The molecular formula is C35H22N2S. The normalized spacial score (nSPS) is 11.7. The van der Waals surface area contributed by atoms with E-state index in [1.165, 1.54) is 42.1 Å². The van der Waals surface area contributed by atoms with Gasteiger partial charge in [0.2, 0.25) is 0 Å². The van der Waals surface area contributed by atoms with Crippen LogP contribution in [0.1, 0.15) is 0 Å². The highest BCUT2D eigenvalue weighted by Gasteiger charge is 2.16. The Labute approximate surface area is 224 Å². The van der Waals surface area contributed by atoms with E-state index >= 15 is 0 Å². The number of rotatable bonds is 3. The Morgan fingerprint density at radius 3 is 2.21 bits per heavy atom. The van der Waals surface area contributed by atoms with Gasteiger partial charge in [0.1, 0.15) is 5.82 Å². The monoisotopic (exact) mass is 502 g/mol. The second-order valence-electron chi connectivity index (χ2n) is 9.65. The lowest BCUT2D eigenvalue weighted by Crippen LogP contribution is -1.97. The standard InChI is InChI=1S/C35H22N2S/c1-2-9-26-22-27(21-20-23(26)8-1)37-32-14-5-4-13-31(32)36-35(37)25-18-16-24(17-19-25)28-11-7-12-30-29-10-3-6-15-33(29)38-34(28)30/h1-22H. The molecule has 0 amide bonds. The Hall–Kier alpha value is -4.73. The molecule has 0 aliphatic rings. The Bertz CT molecular complexity index is 2130. The first kappa shape index (κ1) is 21.4. The minimum atomic E-state index is 0.952. The van der Waals surface area contributed by atoms with E-state index in [1.807, 2.05) is 11.3 Å². The van der Waals surface area contributed by atoms with Crippen LogP contribution in [0.5, 0.6) is 0 Å². The largest absolute Gasteiger partial charge is 0.292 e. The Kier molecular flexibility index (Phi) is 4.73. The molecule has 0 saturated carbocycles. The van der Waals surface area contributed by atoms with Gasteiger partial charge in [0, 0.05) is 31.4 Å². The first-order valence-electron chi connectivity index (χ1n) is 12.8. The molecule has 8 rings (SSSR count). The molecule has 0 fully saturated rings. The third kappa shape index (κ3) is 3.29. The quantitative estimate of drug-likeness (QED) is 0.235. The summed E-state index contributed by atoms with van der Waals surface area (Å²) in [6.07, 6.45) is 0. The van der Waals surface area contributed by atoms with E-state index in [-0.39, 0.29) is 0 Å². The number of imidazole rings is 1. The molecule has 0 radical (unpaired) electrons. The maximum atomic E-state index is 5.09. The molecule has 38 heavy (non-hydrogen) atoms. The number of hydrogen-bond donors (Lipinski definition) is 0. The molecule has 0 N–H and O–H groups in total. The van der Waals surface area contributed by atoms with Gasteiger partial charge < -0.3 is 0 Å². The second-order valence-corrected chi connectivity index (χ2v) is 10.7. The fourth-order valence-corrected chi connectivity index (χ4v) is 6.81. The van der Waals surface area contributed by atoms with Gasteiger partial charge in [0.15, 0.2) is 0 Å². The molecule has 2 aromatic heterocycles. The molecule has 2 nitrogen and oxygen atoms in total. The topological polar surface area (TPSA) is 17.8 Å². The summed E-state index contributed by atoms with van der Waals surface area (Å²) in [6, 6.07) is 47.7. The lowest BCUT2D eigenvalue weighted by atomic mass is 10.0. The van der Waals surface area contributed by atoms with Gasteiger partial charge in [0.05, 0.1) is 11.0 Å². The van der Waals surface area contributed by atoms with Crippen LogP contribution in [0, 0.1) is 0 Å². The molecule has 178 valence electrons.